The lowest BCUT2D eigenvalue weighted by Gasteiger charge is -2.25. The first-order valence-electron chi connectivity index (χ1n) is 9.40. The molecule has 0 bridgehead atoms. The van der Waals surface area contributed by atoms with E-state index >= 15 is 0 Å². The summed E-state index contributed by atoms with van der Waals surface area (Å²) in [6.07, 6.45) is 0.461. The van der Waals surface area contributed by atoms with Gasteiger partial charge in [-0.05, 0) is 37.8 Å². The van der Waals surface area contributed by atoms with E-state index in [9.17, 15) is 0 Å². The molecule has 0 radical (unpaired) electrons. The number of epoxide rings is 1. The van der Waals surface area contributed by atoms with Gasteiger partial charge in [0.2, 0.25) is 0 Å². The van der Waals surface area contributed by atoms with Gasteiger partial charge in [0, 0.05) is 11.5 Å². The van der Waals surface area contributed by atoms with Crippen molar-refractivity contribution >= 4 is 0 Å². The lowest BCUT2D eigenvalue weighted by atomic mass is 10.0. The van der Waals surface area contributed by atoms with Crippen molar-refractivity contribution in [2.75, 3.05) is 6.54 Å². The first-order valence-corrected chi connectivity index (χ1v) is 9.40. The van der Waals surface area contributed by atoms with Crippen LogP contribution in [0.2, 0.25) is 0 Å². The minimum atomic E-state index is -0.687. The van der Waals surface area contributed by atoms with Crippen LogP contribution in [-0.4, -0.2) is 49.1 Å². The third-order valence-corrected chi connectivity index (χ3v) is 5.07. The summed E-state index contributed by atoms with van der Waals surface area (Å²) in [5.74, 6) is -0.687. The average molecular weight is 375 g/mol. The fourth-order valence-electron chi connectivity index (χ4n) is 3.81. The Bertz CT molecular complexity index is 694. The van der Waals surface area contributed by atoms with Crippen molar-refractivity contribution in [1.82, 2.24) is 0 Å². The van der Waals surface area contributed by atoms with E-state index in [1.807, 2.05) is 44.2 Å². The molecule has 3 saturated heterocycles. The summed E-state index contributed by atoms with van der Waals surface area (Å²) >= 11 is 0. The maximum atomic E-state index is 8.36. The zero-order valence-electron chi connectivity index (χ0n) is 15.6. The predicted octanol–water partition coefficient (Wildman–Crippen LogP) is 3.31. The number of ether oxygens (including phenoxy) is 5. The highest BCUT2D eigenvalue weighted by Crippen LogP contribution is 2.44. The molecule has 1 aromatic rings. The summed E-state index contributed by atoms with van der Waals surface area (Å²) in [6, 6.07) is 10.0. The van der Waals surface area contributed by atoms with Crippen LogP contribution in [0, 0.1) is 0 Å². The molecular weight excluding hydrogens is 350 g/mol. The zero-order valence-corrected chi connectivity index (χ0v) is 15.6. The Balaban J connectivity index is 1.39. The average Bonchev–Trinajstić information content (AvgIpc) is 3.25. The molecule has 3 fully saturated rings. The molecule has 0 unspecified atom stereocenters. The Kier molecular flexibility index (Phi) is 5.36. The first-order chi connectivity index (χ1) is 13.1. The van der Waals surface area contributed by atoms with Crippen molar-refractivity contribution in [2.45, 2.75) is 75.9 Å². The van der Waals surface area contributed by atoms with Gasteiger partial charge in [0.05, 0.1) is 12.7 Å². The maximum absolute atomic E-state index is 8.36. The molecule has 4 rings (SSSR count). The van der Waals surface area contributed by atoms with Crippen molar-refractivity contribution in [2.24, 2.45) is 5.11 Å². The van der Waals surface area contributed by atoms with Crippen molar-refractivity contribution in [3.05, 3.63) is 46.3 Å². The predicted molar refractivity (Wildman–Crippen MR) is 95.6 cm³/mol. The van der Waals surface area contributed by atoms with Crippen LogP contribution in [0.25, 0.3) is 10.4 Å². The lowest BCUT2D eigenvalue weighted by Crippen LogP contribution is -2.39. The third-order valence-electron chi connectivity index (χ3n) is 5.07. The van der Waals surface area contributed by atoms with Gasteiger partial charge < -0.3 is 23.7 Å². The monoisotopic (exact) mass is 375 g/mol. The second-order valence-electron chi connectivity index (χ2n) is 7.57. The second kappa shape index (κ2) is 7.75. The van der Waals surface area contributed by atoms with E-state index in [2.05, 4.69) is 10.0 Å². The van der Waals surface area contributed by atoms with Crippen LogP contribution in [0.5, 0.6) is 0 Å². The smallest absolute Gasteiger partial charge is 0.190 e. The van der Waals surface area contributed by atoms with Crippen LogP contribution >= 0.6 is 0 Å². The highest BCUT2D eigenvalue weighted by molar-refractivity contribution is 5.14. The minimum Gasteiger partial charge on any atom is -0.368 e. The van der Waals surface area contributed by atoms with E-state index in [1.165, 1.54) is 0 Å². The fraction of sp³-hybridized carbons (Fsp3) is 0.684. The Morgan fingerprint density at radius 2 is 1.93 bits per heavy atom. The molecule has 0 spiro atoms. The summed E-state index contributed by atoms with van der Waals surface area (Å²) in [5.41, 5.74) is 9.45. The molecule has 3 heterocycles. The van der Waals surface area contributed by atoms with E-state index in [-0.39, 0.29) is 30.5 Å². The van der Waals surface area contributed by atoms with Gasteiger partial charge in [-0.3, -0.25) is 0 Å². The highest BCUT2D eigenvalue weighted by atomic mass is 16.8. The molecule has 3 aliphatic rings. The number of hydrogen-bond acceptors (Lipinski definition) is 6. The summed E-state index contributed by atoms with van der Waals surface area (Å²) in [4.78, 5) is 2.77. The van der Waals surface area contributed by atoms with Crippen LogP contribution in [-0.2, 0) is 30.3 Å². The van der Waals surface area contributed by atoms with Gasteiger partial charge in [0.15, 0.2) is 12.1 Å². The lowest BCUT2D eigenvalue weighted by molar-refractivity contribution is -0.221. The van der Waals surface area contributed by atoms with Crippen molar-refractivity contribution in [3.8, 4) is 0 Å². The van der Waals surface area contributed by atoms with Crippen LogP contribution in [0.15, 0.2) is 35.4 Å². The van der Waals surface area contributed by atoms with Crippen LogP contribution in [0.3, 0.4) is 0 Å². The minimum absolute atomic E-state index is 0.0437. The largest absolute Gasteiger partial charge is 0.368 e. The molecule has 27 heavy (non-hydrogen) atoms. The van der Waals surface area contributed by atoms with Gasteiger partial charge in [0.25, 0.3) is 0 Å². The molecular formula is C19H25N3O5. The van der Waals surface area contributed by atoms with E-state index < -0.39 is 12.1 Å². The second-order valence-corrected chi connectivity index (χ2v) is 7.57. The van der Waals surface area contributed by atoms with Crippen LogP contribution in [0.4, 0.5) is 0 Å². The molecule has 0 amide bonds. The van der Waals surface area contributed by atoms with E-state index in [4.69, 9.17) is 29.2 Å². The molecule has 0 aliphatic carbocycles. The van der Waals surface area contributed by atoms with Crippen molar-refractivity contribution in [1.29, 1.82) is 0 Å². The van der Waals surface area contributed by atoms with Gasteiger partial charge in [-0.15, -0.1) is 0 Å². The zero-order chi connectivity index (χ0) is 18.9. The van der Waals surface area contributed by atoms with E-state index in [1.54, 1.807) is 0 Å². The molecule has 3 aliphatic heterocycles. The third kappa shape index (κ3) is 4.27. The van der Waals surface area contributed by atoms with Gasteiger partial charge in [-0.2, -0.15) is 0 Å². The molecule has 0 aromatic heterocycles. The van der Waals surface area contributed by atoms with Crippen molar-refractivity contribution < 1.29 is 23.7 Å². The van der Waals surface area contributed by atoms with Crippen LogP contribution in [0.1, 0.15) is 32.3 Å². The number of benzene rings is 1. The van der Waals surface area contributed by atoms with Crippen molar-refractivity contribution in [3.63, 3.8) is 0 Å². The standard InChI is InChI=1S/C19H25N3O5/c1-19(2)26-17-15(23-11-12-7-4-3-5-8-12)16(25-18(17)27-19)14-13(24-14)9-6-10-21-22-20/h3-5,7-8,13-18H,6,9-11H2,1-2H3/t13-,14+,15-,16+,17+,18+/m0/s1. The van der Waals surface area contributed by atoms with E-state index in [0.717, 1.165) is 18.4 Å². The number of azide groups is 1. The van der Waals surface area contributed by atoms with Crippen LogP contribution < -0.4 is 0 Å². The number of rotatable bonds is 8. The maximum Gasteiger partial charge on any atom is 0.190 e. The van der Waals surface area contributed by atoms with Gasteiger partial charge >= 0.3 is 0 Å². The SMILES string of the molecule is CC1(C)O[C@H]2O[C@H]([C@@H]3O[C@H]3CCCN=[N+]=[N-])[C@H](OCc3ccccc3)[C@H]2O1. The first kappa shape index (κ1) is 18.7. The topological polar surface area (TPSA) is 98.2 Å². The Hall–Kier alpha value is -1.67. The number of hydrogen-bond donors (Lipinski definition) is 0. The summed E-state index contributed by atoms with van der Waals surface area (Å²) in [5, 5.41) is 3.56. The Morgan fingerprint density at radius 3 is 2.70 bits per heavy atom. The fourth-order valence-corrected chi connectivity index (χ4v) is 3.81. The van der Waals surface area contributed by atoms with Gasteiger partial charge in [-0.1, -0.05) is 35.4 Å². The molecule has 0 saturated carbocycles. The Labute approximate surface area is 158 Å². The van der Waals surface area contributed by atoms with Gasteiger partial charge in [0.1, 0.15) is 24.4 Å². The van der Waals surface area contributed by atoms with Gasteiger partial charge in [-0.25, -0.2) is 0 Å². The molecule has 1 aromatic carbocycles. The number of nitrogens with zero attached hydrogens (tertiary/aromatic N) is 3. The molecule has 8 heteroatoms. The number of fused-ring (bicyclic) bond motifs is 1. The Morgan fingerprint density at radius 1 is 1.11 bits per heavy atom. The quantitative estimate of drug-likeness (QED) is 0.228. The summed E-state index contributed by atoms with van der Waals surface area (Å²) in [6.45, 7) is 4.72. The molecule has 6 atom stereocenters. The normalized spacial score (nSPS) is 36.2. The van der Waals surface area contributed by atoms with E-state index in [0.29, 0.717) is 13.2 Å². The summed E-state index contributed by atoms with van der Waals surface area (Å²) in [7, 11) is 0. The molecule has 0 N–H and O–H groups in total. The highest BCUT2D eigenvalue weighted by Gasteiger charge is 2.61. The summed E-state index contributed by atoms with van der Waals surface area (Å²) < 4.78 is 30.1. The molecule has 8 nitrogen and oxygen atoms in total. The molecule has 146 valence electrons.